The number of methoxy groups -OCH3 is 2. The first-order valence-corrected chi connectivity index (χ1v) is 15.1. The van der Waals surface area contributed by atoms with E-state index in [0.29, 0.717) is 70.7 Å². The Labute approximate surface area is 258 Å². The Balaban J connectivity index is 1.49. The van der Waals surface area contributed by atoms with E-state index in [4.69, 9.17) is 42.4 Å². The molecule has 4 heterocycles. The van der Waals surface area contributed by atoms with Crippen LogP contribution in [-0.2, 0) is 14.2 Å². The van der Waals surface area contributed by atoms with E-state index >= 15 is 0 Å². The highest BCUT2D eigenvalue weighted by molar-refractivity contribution is 7.17. The molecule has 0 aromatic carbocycles. The summed E-state index contributed by atoms with van der Waals surface area (Å²) in [5, 5.41) is 7.54. The second-order valence-electron chi connectivity index (χ2n) is 9.98. The molecule has 42 heavy (non-hydrogen) atoms. The molecule has 2 atom stereocenters. The van der Waals surface area contributed by atoms with E-state index in [1.165, 1.54) is 11.3 Å². The van der Waals surface area contributed by atoms with Gasteiger partial charge in [-0.25, -0.2) is 19.7 Å². The number of H-pyrrole nitrogens is 1. The van der Waals surface area contributed by atoms with Crippen molar-refractivity contribution in [1.29, 1.82) is 0 Å². The van der Waals surface area contributed by atoms with Gasteiger partial charge in [0.25, 0.3) is 5.91 Å². The zero-order chi connectivity index (χ0) is 30.4. The smallest absolute Gasteiger partial charge is 0.350 e. The molecule has 0 unspecified atom stereocenters. The standard InChI is InChI=1S/C27H35Cl2N7O5S/c1-6-41-26(38)24-22(18-9-31-19(10-30-18)33-16(12-39-4)13-40-5)35-27(42-24)36-8-7-17(14(2)11-36)34-25(37)23-21(29)20(28)15(3)32-23/h9-10,14,16-17,32H,6-8,11-13H2,1-5H3,(H,31,33)(H,34,37)/t14-,17+/m0/s1. The van der Waals surface area contributed by atoms with Gasteiger partial charge in [-0.3, -0.25) is 4.79 Å². The zero-order valence-electron chi connectivity index (χ0n) is 24.1. The number of rotatable bonds is 12. The topological polar surface area (TPSA) is 144 Å². The van der Waals surface area contributed by atoms with Crippen LogP contribution in [0.3, 0.4) is 0 Å². The van der Waals surface area contributed by atoms with Crippen molar-refractivity contribution in [2.24, 2.45) is 5.92 Å². The number of piperidine rings is 1. The first-order chi connectivity index (χ1) is 20.2. The van der Waals surface area contributed by atoms with Gasteiger partial charge in [-0.15, -0.1) is 0 Å². The maximum absolute atomic E-state index is 12.9. The SMILES string of the molecule is CCOC(=O)c1sc(N2CC[C@@H](NC(=O)c3[nH]c(C)c(Cl)c3Cl)[C@@H](C)C2)nc1-c1cnc(NC(COC)COC)cn1. The maximum Gasteiger partial charge on any atom is 0.350 e. The average Bonchev–Trinajstić information content (AvgIpc) is 3.52. The van der Waals surface area contributed by atoms with Gasteiger partial charge < -0.3 is 34.7 Å². The number of carbonyl (C=O) groups is 2. The molecular formula is C27H35Cl2N7O5S. The lowest BCUT2D eigenvalue weighted by atomic mass is 9.94. The van der Waals surface area contributed by atoms with Crippen LogP contribution in [-0.4, -0.2) is 91.0 Å². The van der Waals surface area contributed by atoms with Crippen LogP contribution < -0.4 is 15.5 Å². The van der Waals surface area contributed by atoms with Gasteiger partial charge in [0.2, 0.25) is 0 Å². The third-order valence-electron chi connectivity index (χ3n) is 6.83. The summed E-state index contributed by atoms with van der Waals surface area (Å²) in [5.41, 5.74) is 1.76. The van der Waals surface area contributed by atoms with Crippen LogP contribution in [0.5, 0.6) is 0 Å². The minimum Gasteiger partial charge on any atom is -0.462 e. The number of thiazole rings is 1. The summed E-state index contributed by atoms with van der Waals surface area (Å²) in [7, 11) is 3.23. The van der Waals surface area contributed by atoms with Gasteiger partial charge in [-0.05, 0) is 26.2 Å². The summed E-state index contributed by atoms with van der Waals surface area (Å²) in [6.07, 6.45) is 3.83. The first-order valence-electron chi connectivity index (χ1n) is 13.5. The fraction of sp³-hybridized carbons (Fsp3) is 0.519. The molecule has 228 valence electrons. The number of aryl methyl sites for hydroxylation is 1. The molecule has 1 saturated heterocycles. The van der Waals surface area contributed by atoms with Gasteiger partial charge in [-0.2, -0.15) is 0 Å². The van der Waals surface area contributed by atoms with Crippen molar-refractivity contribution in [2.45, 2.75) is 39.3 Å². The van der Waals surface area contributed by atoms with E-state index in [1.54, 1.807) is 40.5 Å². The number of esters is 1. The number of amides is 1. The minimum atomic E-state index is -0.465. The van der Waals surface area contributed by atoms with Crippen LogP contribution >= 0.6 is 34.5 Å². The van der Waals surface area contributed by atoms with E-state index in [9.17, 15) is 9.59 Å². The third kappa shape index (κ3) is 7.32. The van der Waals surface area contributed by atoms with Gasteiger partial charge in [-0.1, -0.05) is 41.5 Å². The van der Waals surface area contributed by atoms with Crippen LogP contribution in [0.25, 0.3) is 11.4 Å². The first kappa shape index (κ1) is 32.0. The molecule has 4 rings (SSSR count). The molecule has 0 bridgehead atoms. The fourth-order valence-corrected chi connectivity index (χ4v) is 6.14. The largest absolute Gasteiger partial charge is 0.462 e. The van der Waals surface area contributed by atoms with Crippen molar-refractivity contribution in [3.8, 4) is 11.4 Å². The van der Waals surface area contributed by atoms with Crippen molar-refractivity contribution in [3.05, 3.63) is 38.7 Å². The number of hydrogen-bond acceptors (Lipinski definition) is 11. The number of halogens is 2. The lowest BCUT2D eigenvalue weighted by Crippen LogP contribution is -2.50. The number of hydrogen-bond donors (Lipinski definition) is 3. The monoisotopic (exact) mass is 639 g/mol. The number of nitrogens with zero attached hydrogens (tertiary/aromatic N) is 4. The number of anilines is 2. The second kappa shape index (κ2) is 14.5. The molecule has 1 amide bonds. The molecule has 3 aromatic rings. The Hall–Kier alpha value is -2.97. The van der Waals surface area contributed by atoms with E-state index in [0.717, 1.165) is 0 Å². The molecule has 15 heteroatoms. The summed E-state index contributed by atoms with van der Waals surface area (Å²) in [5.74, 6) is -0.133. The fourth-order valence-electron chi connectivity index (χ4n) is 4.72. The zero-order valence-corrected chi connectivity index (χ0v) is 26.5. The molecular weight excluding hydrogens is 605 g/mol. The summed E-state index contributed by atoms with van der Waals surface area (Å²) < 4.78 is 15.8. The Bertz CT molecular complexity index is 1380. The predicted octanol–water partition coefficient (Wildman–Crippen LogP) is 4.44. The van der Waals surface area contributed by atoms with Crippen molar-refractivity contribution in [2.75, 3.05) is 57.3 Å². The summed E-state index contributed by atoms with van der Waals surface area (Å²) in [4.78, 5) is 45.0. The molecule has 0 radical (unpaired) electrons. The summed E-state index contributed by atoms with van der Waals surface area (Å²) in [6, 6.07) is -0.181. The Morgan fingerprint density at radius 2 is 1.93 bits per heavy atom. The highest BCUT2D eigenvalue weighted by Gasteiger charge is 2.32. The number of nitrogens with one attached hydrogen (secondary N) is 3. The van der Waals surface area contributed by atoms with E-state index in [2.05, 4.69) is 37.4 Å². The minimum absolute atomic E-state index is 0.0814. The van der Waals surface area contributed by atoms with Gasteiger partial charge in [0.05, 0.1) is 48.3 Å². The van der Waals surface area contributed by atoms with Crippen LogP contribution in [0.1, 0.15) is 46.1 Å². The second-order valence-corrected chi connectivity index (χ2v) is 11.7. The van der Waals surface area contributed by atoms with Gasteiger partial charge in [0.15, 0.2) is 5.13 Å². The molecule has 0 saturated carbocycles. The van der Waals surface area contributed by atoms with E-state index < -0.39 is 5.97 Å². The molecule has 0 spiro atoms. The maximum atomic E-state index is 12.9. The Morgan fingerprint density at radius 1 is 1.19 bits per heavy atom. The molecule has 3 aromatic heterocycles. The van der Waals surface area contributed by atoms with E-state index in [-0.39, 0.29) is 41.2 Å². The molecule has 1 aliphatic rings. The number of carbonyl (C=O) groups excluding carboxylic acids is 2. The molecule has 12 nitrogen and oxygen atoms in total. The highest BCUT2D eigenvalue weighted by Crippen LogP contribution is 2.35. The normalized spacial score (nSPS) is 17.0. The summed E-state index contributed by atoms with van der Waals surface area (Å²) in [6.45, 7) is 7.93. The molecule has 0 aliphatic carbocycles. The molecule has 1 fully saturated rings. The Morgan fingerprint density at radius 3 is 2.50 bits per heavy atom. The van der Waals surface area contributed by atoms with Crippen molar-refractivity contribution < 1.29 is 23.8 Å². The van der Waals surface area contributed by atoms with Crippen molar-refractivity contribution >= 4 is 57.4 Å². The van der Waals surface area contributed by atoms with Gasteiger partial charge >= 0.3 is 5.97 Å². The molecule has 1 aliphatic heterocycles. The van der Waals surface area contributed by atoms with E-state index in [1.807, 2.05) is 0 Å². The quantitative estimate of drug-likeness (QED) is 0.243. The van der Waals surface area contributed by atoms with Crippen LogP contribution in [0, 0.1) is 12.8 Å². The lowest BCUT2D eigenvalue weighted by Gasteiger charge is -2.37. The number of aromatic nitrogens is 4. The van der Waals surface area contributed by atoms with Gasteiger partial charge in [0.1, 0.15) is 27.8 Å². The van der Waals surface area contributed by atoms with Crippen molar-refractivity contribution in [3.63, 3.8) is 0 Å². The van der Waals surface area contributed by atoms with Crippen LogP contribution in [0.4, 0.5) is 10.9 Å². The third-order valence-corrected chi connectivity index (χ3v) is 8.88. The predicted molar refractivity (Wildman–Crippen MR) is 163 cm³/mol. The lowest BCUT2D eigenvalue weighted by molar-refractivity contribution is 0.0532. The van der Waals surface area contributed by atoms with Gasteiger partial charge in [0, 0.05) is 39.0 Å². The highest BCUT2D eigenvalue weighted by atomic mass is 35.5. The molecule has 3 N–H and O–H groups in total. The van der Waals surface area contributed by atoms with Crippen LogP contribution in [0.15, 0.2) is 12.4 Å². The van der Waals surface area contributed by atoms with Crippen LogP contribution in [0.2, 0.25) is 10.0 Å². The average molecular weight is 641 g/mol. The Kier molecular flexibility index (Phi) is 11.0. The van der Waals surface area contributed by atoms with Crippen molar-refractivity contribution in [1.82, 2.24) is 25.3 Å². The number of aromatic amines is 1. The number of ether oxygens (including phenoxy) is 3. The summed E-state index contributed by atoms with van der Waals surface area (Å²) >= 11 is 13.6.